The van der Waals surface area contributed by atoms with Crippen molar-refractivity contribution in [3.05, 3.63) is 59.9 Å². The molecule has 2 rings (SSSR count). The van der Waals surface area contributed by atoms with Gasteiger partial charge < -0.3 is 10.1 Å². The minimum absolute atomic E-state index is 0.0380. The van der Waals surface area contributed by atoms with Gasteiger partial charge in [0, 0.05) is 18.8 Å². The van der Waals surface area contributed by atoms with Crippen LogP contribution in [0.25, 0.3) is 0 Å². The number of pyridine rings is 1. The van der Waals surface area contributed by atoms with Crippen molar-refractivity contribution in [1.29, 1.82) is 0 Å². The van der Waals surface area contributed by atoms with E-state index in [1.54, 1.807) is 12.4 Å². The second-order valence-corrected chi connectivity index (χ2v) is 7.36. The molecule has 1 aromatic carbocycles. The average Bonchev–Trinajstić information content (AvgIpc) is 2.59. The van der Waals surface area contributed by atoms with E-state index in [0.717, 1.165) is 11.3 Å². The summed E-state index contributed by atoms with van der Waals surface area (Å²) in [4.78, 5) is 16.0. The smallest absolute Gasteiger partial charge is 0.220 e. The topological polar surface area (TPSA) is 51.2 Å². The highest BCUT2D eigenvalue weighted by Crippen LogP contribution is 2.24. The zero-order valence-corrected chi connectivity index (χ0v) is 15.6. The summed E-state index contributed by atoms with van der Waals surface area (Å²) in [5, 5.41) is 2.91. The first-order chi connectivity index (χ1) is 11.9. The van der Waals surface area contributed by atoms with Crippen molar-refractivity contribution in [2.75, 3.05) is 13.2 Å². The van der Waals surface area contributed by atoms with Gasteiger partial charge in [-0.2, -0.15) is 0 Å². The number of benzene rings is 1. The molecule has 0 aliphatic rings. The number of carbonyl (C=O) groups is 1. The second-order valence-electron chi connectivity index (χ2n) is 7.36. The van der Waals surface area contributed by atoms with Crippen LogP contribution in [0.2, 0.25) is 0 Å². The molecule has 2 aromatic rings. The Morgan fingerprint density at radius 2 is 1.76 bits per heavy atom. The molecule has 1 amide bonds. The van der Waals surface area contributed by atoms with Gasteiger partial charge in [0.25, 0.3) is 0 Å². The van der Waals surface area contributed by atoms with E-state index in [9.17, 15) is 4.79 Å². The van der Waals surface area contributed by atoms with Crippen LogP contribution in [0, 0.1) is 0 Å². The van der Waals surface area contributed by atoms with E-state index in [2.05, 4.69) is 43.2 Å². The number of hydrogen-bond donors (Lipinski definition) is 1. The first kappa shape index (κ1) is 19.0. The third-order valence-corrected chi connectivity index (χ3v) is 4.18. The largest absolute Gasteiger partial charge is 0.492 e. The van der Waals surface area contributed by atoms with E-state index in [-0.39, 0.29) is 17.2 Å². The van der Waals surface area contributed by atoms with Crippen LogP contribution >= 0.6 is 0 Å². The van der Waals surface area contributed by atoms with Crippen molar-refractivity contribution in [3.63, 3.8) is 0 Å². The molecule has 4 heteroatoms. The van der Waals surface area contributed by atoms with Crippen molar-refractivity contribution in [1.82, 2.24) is 10.3 Å². The van der Waals surface area contributed by atoms with Crippen molar-refractivity contribution < 1.29 is 9.53 Å². The Bertz CT molecular complexity index is 661. The zero-order chi connectivity index (χ0) is 18.3. The normalized spacial score (nSPS) is 12.5. The molecular formula is C21H28N2O2. The molecule has 0 radical (unpaired) electrons. The SMILES string of the molecule is CC(CC(=O)NCCOc1ccc(C(C)(C)C)cc1)c1ccncc1. The molecule has 0 saturated heterocycles. The predicted molar refractivity (Wildman–Crippen MR) is 101 cm³/mol. The number of amides is 1. The van der Waals surface area contributed by atoms with E-state index >= 15 is 0 Å². The van der Waals surface area contributed by atoms with Gasteiger partial charge in [-0.25, -0.2) is 0 Å². The highest BCUT2D eigenvalue weighted by atomic mass is 16.5. The van der Waals surface area contributed by atoms with Crippen LogP contribution in [0.4, 0.5) is 0 Å². The molecule has 1 N–H and O–H groups in total. The van der Waals surface area contributed by atoms with Crippen molar-refractivity contribution in [2.24, 2.45) is 0 Å². The van der Waals surface area contributed by atoms with E-state index < -0.39 is 0 Å². The summed E-state index contributed by atoms with van der Waals surface area (Å²) in [6, 6.07) is 12.0. The molecule has 0 saturated carbocycles. The van der Waals surface area contributed by atoms with Gasteiger partial charge in [0.1, 0.15) is 12.4 Å². The monoisotopic (exact) mass is 340 g/mol. The predicted octanol–water partition coefficient (Wildman–Crippen LogP) is 4.07. The van der Waals surface area contributed by atoms with Gasteiger partial charge in [0.15, 0.2) is 0 Å². The summed E-state index contributed by atoms with van der Waals surface area (Å²) in [6.07, 6.45) is 3.97. The van der Waals surface area contributed by atoms with Crippen LogP contribution in [0.5, 0.6) is 5.75 Å². The number of hydrogen-bond acceptors (Lipinski definition) is 3. The van der Waals surface area contributed by atoms with Gasteiger partial charge in [-0.3, -0.25) is 9.78 Å². The highest BCUT2D eigenvalue weighted by Gasteiger charge is 2.13. The lowest BCUT2D eigenvalue weighted by Gasteiger charge is -2.19. The van der Waals surface area contributed by atoms with Gasteiger partial charge in [-0.15, -0.1) is 0 Å². The lowest BCUT2D eigenvalue weighted by molar-refractivity contribution is -0.121. The molecule has 0 fully saturated rings. The summed E-state index contributed by atoms with van der Waals surface area (Å²) < 4.78 is 5.69. The Morgan fingerprint density at radius 1 is 1.12 bits per heavy atom. The molecule has 1 heterocycles. The maximum atomic E-state index is 12.0. The van der Waals surface area contributed by atoms with E-state index in [0.29, 0.717) is 19.6 Å². The van der Waals surface area contributed by atoms with Crippen LogP contribution in [-0.2, 0) is 10.2 Å². The third kappa shape index (κ3) is 6.22. The second kappa shape index (κ2) is 8.65. The first-order valence-electron chi connectivity index (χ1n) is 8.76. The number of aromatic nitrogens is 1. The average molecular weight is 340 g/mol. The van der Waals surface area contributed by atoms with E-state index in [1.807, 2.05) is 31.2 Å². The molecule has 1 atom stereocenters. The van der Waals surface area contributed by atoms with Gasteiger partial charge in [-0.05, 0) is 46.7 Å². The fourth-order valence-corrected chi connectivity index (χ4v) is 2.57. The molecule has 1 unspecified atom stereocenters. The summed E-state index contributed by atoms with van der Waals surface area (Å²) in [5.41, 5.74) is 2.54. The molecule has 0 bridgehead atoms. The van der Waals surface area contributed by atoms with Crippen LogP contribution in [-0.4, -0.2) is 24.0 Å². The van der Waals surface area contributed by atoms with Crippen molar-refractivity contribution in [2.45, 2.75) is 45.4 Å². The third-order valence-electron chi connectivity index (χ3n) is 4.18. The Hall–Kier alpha value is -2.36. The summed E-state index contributed by atoms with van der Waals surface area (Å²) in [5.74, 6) is 1.04. The number of nitrogens with zero attached hydrogens (tertiary/aromatic N) is 1. The van der Waals surface area contributed by atoms with Gasteiger partial charge in [-0.1, -0.05) is 39.8 Å². The summed E-state index contributed by atoms with van der Waals surface area (Å²) >= 11 is 0. The molecule has 0 spiro atoms. The number of nitrogens with one attached hydrogen (secondary N) is 1. The molecule has 25 heavy (non-hydrogen) atoms. The maximum absolute atomic E-state index is 12.0. The van der Waals surface area contributed by atoms with Gasteiger partial charge >= 0.3 is 0 Å². The Morgan fingerprint density at radius 3 is 2.36 bits per heavy atom. The molecule has 0 aliphatic heterocycles. The van der Waals surface area contributed by atoms with Gasteiger partial charge in [0.05, 0.1) is 6.54 Å². The van der Waals surface area contributed by atoms with E-state index in [1.165, 1.54) is 5.56 Å². The quantitative estimate of drug-likeness (QED) is 0.773. The zero-order valence-electron chi connectivity index (χ0n) is 15.6. The number of ether oxygens (including phenoxy) is 1. The molecule has 4 nitrogen and oxygen atoms in total. The molecule has 0 aliphatic carbocycles. The fraction of sp³-hybridized carbons (Fsp3) is 0.429. The Labute approximate surface area is 150 Å². The minimum atomic E-state index is 0.0380. The van der Waals surface area contributed by atoms with Crippen molar-refractivity contribution >= 4 is 5.91 Å². The summed E-state index contributed by atoms with van der Waals surface area (Å²) in [6.45, 7) is 9.57. The lowest BCUT2D eigenvalue weighted by atomic mass is 9.87. The highest BCUT2D eigenvalue weighted by molar-refractivity contribution is 5.76. The number of carbonyl (C=O) groups excluding carboxylic acids is 1. The Balaban J connectivity index is 1.69. The fourth-order valence-electron chi connectivity index (χ4n) is 2.57. The summed E-state index contributed by atoms with van der Waals surface area (Å²) in [7, 11) is 0. The molecule has 1 aromatic heterocycles. The van der Waals surface area contributed by atoms with Crippen LogP contribution in [0.3, 0.4) is 0 Å². The van der Waals surface area contributed by atoms with Crippen LogP contribution < -0.4 is 10.1 Å². The molecular weight excluding hydrogens is 312 g/mol. The van der Waals surface area contributed by atoms with E-state index in [4.69, 9.17) is 4.74 Å². The van der Waals surface area contributed by atoms with Crippen LogP contribution in [0.1, 0.15) is 51.2 Å². The number of rotatable bonds is 7. The Kier molecular flexibility index (Phi) is 6.57. The first-order valence-corrected chi connectivity index (χ1v) is 8.76. The van der Waals surface area contributed by atoms with Gasteiger partial charge in [0.2, 0.25) is 5.91 Å². The maximum Gasteiger partial charge on any atom is 0.220 e. The molecule has 134 valence electrons. The minimum Gasteiger partial charge on any atom is -0.492 e. The lowest BCUT2D eigenvalue weighted by Crippen LogP contribution is -2.28. The van der Waals surface area contributed by atoms with Crippen molar-refractivity contribution in [3.8, 4) is 5.75 Å². The van der Waals surface area contributed by atoms with Crippen LogP contribution in [0.15, 0.2) is 48.8 Å². The standard InChI is InChI=1S/C21H28N2O2/c1-16(17-9-11-22-12-10-17)15-20(24)23-13-14-25-19-7-5-18(6-8-19)21(2,3)4/h5-12,16H,13-15H2,1-4H3,(H,23,24).